The molecule has 1 atom stereocenters. The van der Waals surface area contributed by atoms with Crippen LogP contribution >= 0.6 is 38.9 Å². The van der Waals surface area contributed by atoms with Crippen LogP contribution in [0.15, 0.2) is 22.7 Å². The van der Waals surface area contributed by atoms with Crippen molar-refractivity contribution in [1.29, 1.82) is 0 Å². The van der Waals surface area contributed by atoms with E-state index in [2.05, 4.69) is 33.9 Å². The van der Waals surface area contributed by atoms with Crippen molar-refractivity contribution in [3.05, 3.63) is 43.8 Å². The highest BCUT2D eigenvalue weighted by atomic mass is 79.9. The summed E-state index contributed by atoms with van der Waals surface area (Å²) < 4.78 is 0.913. The van der Waals surface area contributed by atoms with Crippen molar-refractivity contribution in [3.63, 3.8) is 0 Å². The van der Waals surface area contributed by atoms with Gasteiger partial charge in [0, 0.05) is 15.3 Å². The average Bonchev–Trinajstić information content (AvgIpc) is 2.61. The van der Waals surface area contributed by atoms with E-state index < -0.39 is 0 Å². The van der Waals surface area contributed by atoms with Crippen LogP contribution in [0.3, 0.4) is 0 Å². The third-order valence-electron chi connectivity index (χ3n) is 2.69. The first-order valence-corrected chi connectivity index (χ1v) is 7.15. The quantitative estimate of drug-likeness (QED) is 0.873. The van der Waals surface area contributed by atoms with Gasteiger partial charge in [-0.3, -0.25) is 0 Å². The second kappa shape index (κ2) is 4.96. The van der Waals surface area contributed by atoms with Crippen molar-refractivity contribution in [2.24, 2.45) is 0 Å². The Morgan fingerprint density at radius 2 is 2.18 bits per heavy atom. The van der Waals surface area contributed by atoms with E-state index in [1.165, 1.54) is 21.8 Å². The molecule has 1 aromatic carbocycles. The van der Waals surface area contributed by atoms with Crippen LogP contribution in [0.25, 0.3) is 0 Å². The predicted molar refractivity (Wildman–Crippen MR) is 77.9 cm³/mol. The van der Waals surface area contributed by atoms with Crippen LogP contribution < -0.4 is 5.73 Å². The molecule has 2 nitrogen and oxygen atoms in total. The zero-order chi connectivity index (χ0) is 12.6. The number of aromatic nitrogens is 1. The molecule has 0 aliphatic heterocycles. The van der Waals surface area contributed by atoms with E-state index in [1.54, 1.807) is 0 Å². The zero-order valence-electron chi connectivity index (χ0n) is 9.50. The molecule has 0 amide bonds. The van der Waals surface area contributed by atoms with Gasteiger partial charge in [-0.1, -0.05) is 24.6 Å². The van der Waals surface area contributed by atoms with Crippen LogP contribution in [0.5, 0.6) is 0 Å². The van der Waals surface area contributed by atoms with Crippen molar-refractivity contribution >= 4 is 44.0 Å². The highest BCUT2D eigenvalue weighted by Gasteiger charge is 2.16. The molecule has 0 bridgehead atoms. The number of halogens is 2. The summed E-state index contributed by atoms with van der Waals surface area (Å²) in [6.07, 6.45) is 0. The van der Waals surface area contributed by atoms with E-state index in [9.17, 15) is 0 Å². The van der Waals surface area contributed by atoms with Gasteiger partial charge in [0.05, 0.1) is 10.7 Å². The van der Waals surface area contributed by atoms with Crippen molar-refractivity contribution in [1.82, 2.24) is 4.98 Å². The van der Waals surface area contributed by atoms with Crippen LogP contribution in [-0.2, 0) is 0 Å². The van der Waals surface area contributed by atoms with Crippen LogP contribution in [0.1, 0.15) is 29.0 Å². The number of nitrogens with two attached hydrogens (primary N) is 1. The molecular weight excluding hydrogens is 320 g/mol. The molecular formula is C12H12BrClN2S. The minimum Gasteiger partial charge on any atom is -0.375 e. The van der Waals surface area contributed by atoms with Crippen molar-refractivity contribution in [2.45, 2.75) is 19.8 Å². The number of thiazole rings is 1. The number of hydrogen-bond donors (Lipinski definition) is 1. The summed E-state index contributed by atoms with van der Waals surface area (Å²) in [4.78, 5) is 5.45. The maximum Gasteiger partial charge on any atom is 0.180 e. The summed E-state index contributed by atoms with van der Waals surface area (Å²) in [5.74, 6) is 0.260. The Kier molecular flexibility index (Phi) is 3.76. The predicted octanol–water partition coefficient (Wildman–Crippen LogP) is 4.60. The largest absolute Gasteiger partial charge is 0.375 e. The molecule has 0 aliphatic rings. The lowest BCUT2D eigenvalue weighted by atomic mass is 9.99. The first-order chi connectivity index (χ1) is 7.99. The highest BCUT2D eigenvalue weighted by Crippen LogP contribution is 2.35. The normalized spacial score (nSPS) is 12.7. The van der Waals surface area contributed by atoms with Gasteiger partial charge in [-0.2, -0.15) is 0 Å². The fraction of sp³-hybridized carbons (Fsp3) is 0.250. The smallest absolute Gasteiger partial charge is 0.180 e. The van der Waals surface area contributed by atoms with Crippen LogP contribution in [0.4, 0.5) is 5.13 Å². The van der Waals surface area contributed by atoms with Crippen molar-refractivity contribution < 1.29 is 0 Å². The second-order valence-electron chi connectivity index (χ2n) is 3.90. The molecule has 1 unspecified atom stereocenters. The highest BCUT2D eigenvalue weighted by molar-refractivity contribution is 9.10. The standard InChI is InChI=1S/C12H12BrClN2S/c1-6(11-7(2)16-12(15)17-11)8-3-4-9(13)10(14)5-8/h3-6H,1-2H3,(H2,15,16). The molecule has 1 aromatic heterocycles. The Bertz CT molecular complexity index is 553. The molecule has 0 fully saturated rings. The Morgan fingerprint density at radius 1 is 1.47 bits per heavy atom. The molecule has 0 saturated carbocycles. The lowest BCUT2D eigenvalue weighted by molar-refractivity contribution is 0.926. The Balaban J connectivity index is 2.40. The van der Waals surface area contributed by atoms with E-state index >= 15 is 0 Å². The van der Waals surface area contributed by atoms with Crippen molar-refractivity contribution in [2.75, 3.05) is 5.73 Å². The summed E-state index contributed by atoms with van der Waals surface area (Å²) >= 11 is 11.0. The lowest BCUT2D eigenvalue weighted by Crippen LogP contribution is -1.95. The van der Waals surface area contributed by atoms with Crippen LogP contribution in [0, 0.1) is 6.92 Å². The molecule has 0 radical (unpaired) electrons. The van der Waals surface area contributed by atoms with Gasteiger partial charge in [-0.15, -0.1) is 11.3 Å². The molecule has 2 N–H and O–H groups in total. The number of rotatable bonds is 2. The monoisotopic (exact) mass is 330 g/mol. The van der Waals surface area contributed by atoms with Crippen LogP contribution in [0.2, 0.25) is 5.02 Å². The number of nitrogens with zero attached hydrogens (tertiary/aromatic N) is 1. The molecule has 0 aliphatic carbocycles. The van der Waals surface area contributed by atoms with E-state index in [4.69, 9.17) is 17.3 Å². The van der Waals surface area contributed by atoms with E-state index in [0.29, 0.717) is 5.13 Å². The summed E-state index contributed by atoms with van der Waals surface area (Å²) in [6, 6.07) is 6.01. The van der Waals surface area contributed by atoms with Gasteiger partial charge in [0.15, 0.2) is 5.13 Å². The number of nitrogen functional groups attached to an aromatic ring is 1. The molecule has 5 heteroatoms. The fourth-order valence-corrected chi connectivity index (χ4v) is 3.11. The van der Waals surface area contributed by atoms with Gasteiger partial charge < -0.3 is 5.73 Å². The minimum absolute atomic E-state index is 0.260. The first-order valence-electron chi connectivity index (χ1n) is 5.16. The van der Waals surface area contributed by atoms with Crippen LogP contribution in [-0.4, -0.2) is 4.98 Å². The third-order valence-corrected chi connectivity index (χ3v) is 5.09. The number of hydrogen-bond acceptors (Lipinski definition) is 3. The van der Waals surface area contributed by atoms with Gasteiger partial charge in [0.2, 0.25) is 0 Å². The number of aryl methyl sites for hydroxylation is 1. The lowest BCUT2D eigenvalue weighted by Gasteiger charge is -2.11. The SMILES string of the molecule is Cc1nc(N)sc1C(C)c1ccc(Br)c(Cl)c1. The molecule has 0 saturated heterocycles. The van der Waals surface area contributed by atoms with E-state index in [-0.39, 0.29) is 5.92 Å². The number of benzene rings is 1. The Hall–Kier alpha value is -0.580. The summed E-state index contributed by atoms with van der Waals surface area (Å²) in [5.41, 5.74) is 7.89. The van der Waals surface area contributed by atoms with E-state index in [1.807, 2.05) is 19.1 Å². The molecule has 1 heterocycles. The molecule has 90 valence electrons. The summed E-state index contributed by atoms with van der Waals surface area (Å²) in [5, 5.41) is 1.34. The summed E-state index contributed by atoms with van der Waals surface area (Å²) in [6.45, 7) is 4.12. The zero-order valence-corrected chi connectivity index (χ0v) is 12.7. The number of anilines is 1. The van der Waals surface area contributed by atoms with Gasteiger partial charge in [-0.25, -0.2) is 4.98 Å². The Morgan fingerprint density at radius 3 is 2.71 bits per heavy atom. The maximum absolute atomic E-state index is 6.11. The van der Waals surface area contributed by atoms with Crippen molar-refractivity contribution in [3.8, 4) is 0 Å². The van der Waals surface area contributed by atoms with Gasteiger partial charge >= 0.3 is 0 Å². The minimum atomic E-state index is 0.260. The Labute approximate surface area is 118 Å². The molecule has 0 spiro atoms. The first kappa shape index (κ1) is 12.9. The summed E-state index contributed by atoms with van der Waals surface area (Å²) in [7, 11) is 0. The molecule has 2 rings (SSSR count). The third kappa shape index (κ3) is 2.64. The fourth-order valence-electron chi connectivity index (χ4n) is 1.76. The average molecular weight is 332 g/mol. The second-order valence-corrected chi connectivity index (χ2v) is 6.22. The molecule has 17 heavy (non-hydrogen) atoms. The maximum atomic E-state index is 6.11. The van der Waals surface area contributed by atoms with Gasteiger partial charge in [0.25, 0.3) is 0 Å². The molecule has 2 aromatic rings. The topological polar surface area (TPSA) is 38.9 Å². The van der Waals surface area contributed by atoms with Gasteiger partial charge in [-0.05, 0) is 40.5 Å². The van der Waals surface area contributed by atoms with E-state index in [0.717, 1.165) is 15.2 Å². The van der Waals surface area contributed by atoms with Gasteiger partial charge in [0.1, 0.15) is 0 Å².